The van der Waals surface area contributed by atoms with Gasteiger partial charge < -0.3 is 14.8 Å². The van der Waals surface area contributed by atoms with Gasteiger partial charge in [-0.05, 0) is 50.9 Å². The zero-order valence-corrected chi connectivity index (χ0v) is 12.0. The highest BCUT2D eigenvalue weighted by atomic mass is 19.1. The van der Waals surface area contributed by atoms with Crippen LogP contribution in [0.5, 0.6) is 11.5 Å². The molecule has 4 heteroatoms. The van der Waals surface area contributed by atoms with Crippen LogP contribution in [0.4, 0.5) is 4.39 Å². The molecule has 1 aromatic rings. The normalized spacial score (nSPS) is 24.3. The second kappa shape index (κ2) is 5.37. The first-order valence-corrected chi connectivity index (χ1v) is 6.67. The first-order valence-electron chi connectivity index (χ1n) is 6.67. The van der Waals surface area contributed by atoms with Gasteiger partial charge >= 0.3 is 0 Å². The van der Waals surface area contributed by atoms with E-state index in [0.29, 0.717) is 17.1 Å². The van der Waals surface area contributed by atoms with Gasteiger partial charge in [-0.1, -0.05) is 0 Å². The van der Waals surface area contributed by atoms with Crippen LogP contribution in [0.2, 0.25) is 0 Å². The number of rotatable bonds is 4. The van der Waals surface area contributed by atoms with Crippen molar-refractivity contribution < 1.29 is 13.9 Å². The number of hydrogen-bond donors (Lipinski definition) is 1. The van der Waals surface area contributed by atoms with Crippen molar-refractivity contribution >= 4 is 0 Å². The van der Waals surface area contributed by atoms with Crippen molar-refractivity contribution in [3.63, 3.8) is 0 Å². The van der Waals surface area contributed by atoms with Gasteiger partial charge in [0.1, 0.15) is 6.17 Å². The first kappa shape index (κ1) is 14.1. The molecule has 1 N–H and O–H groups in total. The molecule has 1 aliphatic rings. The lowest BCUT2D eigenvalue weighted by Crippen LogP contribution is -2.33. The Labute approximate surface area is 114 Å². The quantitative estimate of drug-likeness (QED) is 0.907. The summed E-state index contributed by atoms with van der Waals surface area (Å²) in [5.74, 6) is 1.08. The molecule has 1 fully saturated rings. The van der Waals surface area contributed by atoms with Gasteiger partial charge in [0.2, 0.25) is 0 Å². The van der Waals surface area contributed by atoms with E-state index in [9.17, 15) is 4.39 Å². The summed E-state index contributed by atoms with van der Waals surface area (Å²) >= 11 is 0. The Morgan fingerprint density at radius 3 is 2.53 bits per heavy atom. The van der Waals surface area contributed by atoms with Crippen LogP contribution in [0.15, 0.2) is 12.1 Å². The van der Waals surface area contributed by atoms with Crippen molar-refractivity contribution in [2.75, 3.05) is 20.8 Å². The molecular formula is C15H22FNO2. The largest absolute Gasteiger partial charge is 0.493 e. The average Bonchev–Trinajstić information content (AvgIpc) is 2.85. The molecule has 1 aliphatic heterocycles. The third kappa shape index (κ3) is 2.54. The molecule has 0 aromatic heterocycles. The van der Waals surface area contributed by atoms with Gasteiger partial charge in [-0.15, -0.1) is 0 Å². The van der Waals surface area contributed by atoms with Gasteiger partial charge in [0.05, 0.1) is 14.2 Å². The molecule has 1 heterocycles. The fourth-order valence-electron chi connectivity index (χ4n) is 2.75. The van der Waals surface area contributed by atoms with Crippen molar-refractivity contribution in [3.8, 4) is 11.5 Å². The summed E-state index contributed by atoms with van der Waals surface area (Å²) in [5, 5.41) is 3.49. The summed E-state index contributed by atoms with van der Waals surface area (Å²) in [6.45, 7) is 4.66. The van der Waals surface area contributed by atoms with E-state index in [-0.39, 0.29) is 5.54 Å². The zero-order chi connectivity index (χ0) is 14.0. The highest BCUT2D eigenvalue weighted by molar-refractivity contribution is 5.52. The molecule has 0 amide bonds. The summed E-state index contributed by atoms with van der Waals surface area (Å²) in [7, 11) is 3.12. The van der Waals surface area contributed by atoms with E-state index in [0.717, 1.165) is 24.9 Å². The van der Waals surface area contributed by atoms with E-state index in [4.69, 9.17) is 9.47 Å². The van der Waals surface area contributed by atoms with E-state index in [2.05, 4.69) is 12.2 Å². The Balaban J connectivity index is 2.54. The van der Waals surface area contributed by atoms with Crippen LogP contribution in [0.1, 0.15) is 44.0 Å². The van der Waals surface area contributed by atoms with E-state index in [1.54, 1.807) is 14.2 Å². The number of halogens is 1. The first-order chi connectivity index (χ1) is 9.01. The Morgan fingerprint density at radius 1 is 1.32 bits per heavy atom. The minimum atomic E-state index is -1.09. The predicted molar refractivity (Wildman–Crippen MR) is 73.7 cm³/mol. The minimum absolute atomic E-state index is 0.108. The standard InChI is InChI=1S/C15H22FNO2/c1-10(16)12-8-11(15(2)6-5-7-17-15)9-13(18-3)14(12)19-4/h8-10,17H,5-7H2,1-4H3. The molecule has 3 nitrogen and oxygen atoms in total. The molecule has 2 atom stereocenters. The maximum Gasteiger partial charge on any atom is 0.166 e. The second-order valence-electron chi connectivity index (χ2n) is 5.28. The van der Waals surface area contributed by atoms with Gasteiger partial charge in [-0.2, -0.15) is 0 Å². The van der Waals surface area contributed by atoms with Crippen LogP contribution in [0.25, 0.3) is 0 Å². The predicted octanol–water partition coefficient (Wildman–Crippen LogP) is 3.33. The Kier molecular flexibility index (Phi) is 3.99. The molecule has 0 radical (unpaired) electrons. The van der Waals surface area contributed by atoms with E-state index in [1.807, 2.05) is 12.1 Å². The highest BCUT2D eigenvalue weighted by Gasteiger charge is 2.32. The lowest BCUT2D eigenvalue weighted by molar-refractivity contribution is 0.321. The maximum atomic E-state index is 13.8. The molecule has 106 valence electrons. The molecular weight excluding hydrogens is 245 g/mol. The third-order valence-corrected chi connectivity index (χ3v) is 3.94. The average molecular weight is 267 g/mol. The fraction of sp³-hybridized carbons (Fsp3) is 0.600. The number of benzene rings is 1. The zero-order valence-electron chi connectivity index (χ0n) is 12.0. The monoisotopic (exact) mass is 267 g/mol. The third-order valence-electron chi connectivity index (χ3n) is 3.94. The summed E-state index contributed by atoms with van der Waals surface area (Å²) in [6.07, 6.45) is 1.09. The molecule has 0 saturated carbocycles. The summed E-state index contributed by atoms with van der Waals surface area (Å²) in [4.78, 5) is 0. The SMILES string of the molecule is COc1cc(C2(C)CCCN2)cc(C(C)F)c1OC. The van der Waals surface area contributed by atoms with Gasteiger partial charge in [-0.3, -0.25) is 0 Å². The Morgan fingerprint density at radius 2 is 2.05 bits per heavy atom. The smallest absolute Gasteiger partial charge is 0.166 e. The molecule has 2 unspecified atom stereocenters. The van der Waals surface area contributed by atoms with Crippen molar-refractivity contribution in [1.82, 2.24) is 5.32 Å². The van der Waals surface area contributed by atoms with Gasteiger partial charge in [0, 0.05) is 11.1 Å². The molecule has 2 rings (SSSR count). The number of hydrogen-bond acceptors (Lipinski definition) is 3. The van der Waals surface area contributed by atoms with Crippen molar-refractivity contribution in [2.45, 2.75) is 38.4 Å². The minimum Gasteiger partial charge on any atom is -0.493 e. The van der Waals surface area contributed by atoms with Crippen LogP contribution >= 0.6 is 0 Å². The second-order valence-corrected chi connectivity index (χ2v) is 5.28. The van der Waals surface area contributed by atoms with Crippen LogP contribution in [0.3, 0.4) is 0 Å². The van der Waals surface area contributed by atoms with Crippen molar-refractivity contribution in [3.05, 3.63) is 23.3 Å². The topological polar surface area (TPSA) is 30.5 Å². The molecule has 0 spiro atoms. The number of ether oxygens (including phenoxy) is 2. The highest BCUT2D eigenvalue weighted by Crippen LogP contribution is 2.41. The summed E-state index contributed by atoms with van der Waals surface area (Å²) < 4.78 is 24.5. The lowest BCUT2D eigenvalue weighted by Gasteiger charge is -2.27. The van der Waals surface area contributed by atoms with Crippen LogP contribution in [0, 0.1) is 0 Å². The van der Waals surface area contributed by atoms with E-state index >= 15 is 0 Å². The van der Waals surface area contributed by atoms with Crippen LogP contribution in [-0.2, 0) is 5.54 Å². The number of methoxy groups -OCH3 is 2. The number of nitrogens with one attached hydrogen (secondary N) is 1. The summed E-state index contributed by atoms with van der Waals surface area (Å²) in [5.41, 5.74) is 1.50. The molecule has 1 saturated heterocycles. The fourth-order valence-corrected chi connectivity index (χ4v) is 2.75. The molecule has 19 heavy (non-hydrogen) atoms. The van der Waals surface area contributed by atoms with Gasteiger partial charge in [0.25, 0.3) is 0 Å². The molecule has 0 aliphatic carbocycles. The van der Waals surface area contributed by atoms with Crippen molar-refractivity contribution in [1.29, 1.82) is 0 Å². The van der Waals surface area contributed by atoms with Gasteiger partial charge in [0.15, 0.2) is 11.5 Å². The Hall–Kier alpha value is -1.29. The maximum absolute atomic E-state index is 13.8. The number of alkyl halides is 1. The van der Waals surface area contributed by atoms with Gasteiger partial charge in [-0.25, -0.2) is 4.39 Å². The van der Waals surface area contributed by atoms with Crippen LogP contribution in [-0.4, -0.2) is 20.8 Å². The molecule has 1 aromatic carbocycles. The molecule has 0 bridgehead atoms. The Bertz CT molecular complexity index is 454. The van der Waals surface area contributed by atoms with E-state index < -0.39 is 6.17 Å². The summed E-state index contributed by atoms with van der Waals surface area (Å²) in [6, 6.07) is 3.84. The lowest BCUT2D eigenvalue weighted by atomic mass is 9.88. The van der Waals surface area contributed by atoms with Crippen LogP contribution < -0.4 is 14.8 Å². The van der Waals surface area contributed by atoms with E-state index in [1.165, 1.54) is 6.92 Å². The van der Waals surface area contributed by atoms with Crippen molar-refractivity contribution in [2.24, 2.45) is 0 Å².